The first-order valence-electron chi connectivity index (χ1n) is 59.9. The maximum atomic E-state index is 13.0. The third-order valence-corrected chi connectivity index (χ3v) is 51.6. The van der Waals surface area contributed by atoms with Crippen molar-refractivity contribution in [2.24, 2.45) is 262 Å². The quantitative estimate of drug-likeness (QED) is 0.0479. The van der Waals surface area contributed by atoms with Crippen LogP contribution in [0.2, 0.25) is 0 Å². The van der Waals surface area contributed by atoms with E-state index in [1.807, 2.05) is 118 Å². The highest BCUT2D eigenvalue weighted by Gasteiger charge is 2.79. The summed E-state index contributed by atoms with van der Waals surface area (Å²) >= 11 is 0. The molecule has 15 atom stereocenters. The second-order valence-electron chi connectivity index (χ2n) is 61.0. The second-order valence-corrected chi connectivity index (χ2v) is 61.0. The number of carbonyl (C=O) groups is 6. The fourth-order valence-electron chi connectivity index (χ4n) is 42.8. The fraction of sp³-hybridized carbons (Fsp3) is 0.952. The molecule has 36 fully saturated rings. The van der Waals surface area contributed by atoms with Crippen molar-refractivity contribution in [3.8, 4) is 0 Å². The van der Waals surface area contributed by atoms with Crippen LogP contribution >= 0.6 is 0 Å². The normalized spacial score (nSPS) is 47.3. The molecule has 15 unspecified atom stereocenters. The predicted molar refractivity (Wildman–Crippen MR) is 545 cm³/mol. The first kappa shape index (κ1) is 102. The van der Waals surface area contributed by atoms with E-state index in [1.54, 1.807) is 0 Å². The highest BCUT2D eigenvalue weighted by atomic mass is 16.7. The zero-order valence-electron chi connectivity index (χ0n) is 92.8. The van der Waals surface area contributed by atoms with Crippen molar-refractivity contribution in [3.63, 3.8) is 0 Å². The zero-order chi connectivity index (χ0) is 99.2. The maximum absolute atomic E-state index is 13.0. The van der Waals surface area contributed by atoms with Crippen LogP contribution in [0.3, 0.4) is 0 Å². The number of carbonyl (C=O) groups excluding carboxylic acids is 6. The molecule has 0 heterocycles. The summed E-state index contributed by atoms with van der Waals surface area (Å²) in [5, 5.41) is 0. The van der Waals surface area contributed by atoms with Gasteiger partial charge in [-0.2, -0.15) is 0 Å². The molecule has 36 aliphatic rings. The van der Waals surface area contributed by atoms with Gasteiger partial charge in [0, 0.05) is 16.7 Å². The Hall–Kier alpha value is -3.26. The van der Waals surface area contributed by atoms with Crippen molar-refractivity contribution in [3.05, 3.63) is 0 Å². The van der Waals surface area contributed by atoms with Gasteiger partial charge >= 0.3 is 35.8 Å². The molecule has 0 aromatic carbocycles. The molecule has 14 nitrogen and oxygen atoms in total. The number of esters is 6. The summed E-state index contributed by atoms with van der Waals surface area (Å²) in [4.78, 5) is 75.6. The van der Waals surface area contributed by atoms with Gasteiger partial charge in [0.25, 0.3) is 0 Å². The number of hydrogen-bond donors (Lipinski definition) is 0. The van der Waals surface area contributed by atoms with Crippen LogP contribution in [-0.2, 0) is 66.7 Å². The Morgan fingerprint density at radius 3 is 0.964 bits per heavy atom. The molecule has 0 radical (unpaired) electrons. The predicted octanol–water partition coefficient (Wildman–Crippen LogP) is 29.1. The van der Waals surface area contributed by atoms with E-state index in [9.17, 15) is 28.8 Å². The van der Waals surface area contributed by atoms with Gasteiger partial charge < -0.3 is 37.9 Å². The summed E-state index contributed by atoms with van der Waals surface area (Å²) in [5.74, 6) is 33.6. The standard InChI is InChI=1S/2C23H36O2.2C22H34O3.C21H32O2.C14H26O2/c1-6-21(2,3)20(24)25-22(4,5)23-12-14-8-16-15-7-13(10-18(16)23)11-19(23)17(15)9-14;1-6-21(2,3)20(24)25-22(4,5)23-10-17-14-7-13-8-15(17)19(12-23)16(9-13)18(14)11-23;1-5-21(3,4)20(23)24-12(2)25-22-11-14-7-16-15-6-13(9-18(16)22)10-19(22)17(15)8-14;1-5-21(3,4)20(23)24-12(2)25-22-9-17-14-6-13-7-15(17)19(11-22)16(8-13)18(14)10-22;1-5-20(2,3)19(22)23-21(4)12-9-14-13-6-11-7-16(14)18(21)17(8-11)15(13)10-12;1-6-13(2,3)12(15)16-14(4,5)11-9-7-8-10-11/h2*13-19H,6-12H2,1-5H3;2*12-19H,5-11H2,1-4H3;11-18H,5-10H2,1-4H3;11H,6-10H2,1-5H3. The number of rotatable bonds is 25. The molecule has 14 heteroatoms. The van der Waals surface area contributed by atoms with E-state index >= 15 is 0 Å². The smallest absolute Gasteiger partial charge is 0.313 e. The molecule has 782 valence electrons. The minimum absolute atomic E-state index is 0.00370. The lowest BCUT2D eigenvalue weighted by molar-refractivity contribution is -0.338. The molecule has 40 bridgehead atoms. The molecule has 0 spiro atoms. The van der Waals surface area contributed by atoms with Gasteiger partial charge in [0.1, 0.15) is 22.4 Å². The molecule has 0 aromatic rings. The molecule has 0 N–H and O–H groups in total. The highest BCUT2D eigenvalue weighted by Crippen LogP contribution is 2.82. The highest BCUT2D eigenvalue weighted by molar-refractivity contribution is 5.79. The topological polar surface area (TPSA) is 176 Å². The molecular formula is C125H198O14. The van der Waals surface area contributed by atoms with Gasteiger partial charge in [-0.1, -0.05) is 54.4 Å². The average Bonchev–Trinajstić information content (AvgIpc) is 0.773. The van der Waals surface area contributed by atoms with E-state index in [0.29, 0.717) is 17.8 Å². The van der Waals surface area contributed by atoms with Crippen molar-refractivity contribution in [2.45, 2.75) is 484 Å². The number of ether oxygens (including phenoxy) is 8. The van der Waals surface area contributed by atoms with Gasteiger partial charge in [-0.25, -0.2) is 0 Å². The van der Waals surface area contributed by atoms with Crippen LogP contribution in [0.15, 0.2) is 0 Å². The Morgan fingerprint density at radius 2 is 0.576 bits per heavy atom. The van der Waals surface area contributed by atoms with E-state index < -0.39 is 23.4 Å². The van der Waals surface area contributed by atoms with Crippen molar-refractivity contribution in [2.75, 3.05) is 0 Å². The summed E-state index contributed by atoms with van der Waals surface area (Å²) in [6.45, 7) is 55.8. The fourth-order valence-corrected chi connectivity index (χ4v) is 42.8. The van der Waals surface area contributed by atoms with Crippen LogP contribution < -0.4 is 0 Å². The summed E-state index contributed by atoms with van der Waals surface area (Å²) < 4.78 is 49.7. The van der Waals surface area contributed by atoms with E-state index in [2.05, 4.69) is 69.2 Å². The third kappa shape index (κ3) is 16.1. The largest absolute Gasteiger partial charge is 0.459 e. The molecule has 0 aromatic heterocycles. The molecule has 36 rings (SSSR count). The van der Waals surface area contributed by atoms with Gasteiger partial charge in [0.15, 0.2) is 0 Å². The van der Waals surface area contributed by atoms with E-state index in [-0.39, 0.29) is 102 Å². The van der Waals surface area contributed by atoms with Crippen LogP contribution in [0, 0.1) is 262 Å². The monoisotopic (exact) mass is 1920 g/mol. The summed E-state index contributed by atoms with van der Waals surface area (Å²) in [6.07, 6.45) is 50.0. The van der Waals surface area contributed by atoms with E-state index in [0.717, 1.165) is 240 Å². The molecule has 0 aliphatic heterocycles. The van der Waals surface area contributed by atoms with E-state index in [4.69, 9.17) is 37.9 Å². The Labute approximate surface area is 843 Å². The van der Waals surface area contributed by atoms with Crippen molar-refractivity contribution >= 4 is 35.8 Å². The van der Waals surface area contributed by atoms with Crippen LogP contribution in [-0.4, -0.2) is 82.0 Å². The molecule has 139 heavy (non-hydrogen) atoms. The minimum atomic E-state index is -0.420. The van der Waals surface area contributed by atoms with Crippen LogP contribution in [0.1, 0.15) is 437 Å². The van der Waals surface area contributed by atoms with Gasteiger partial charge in [-0.05, 0) is 596 Å². The third-order valence-electron chi connectivity index (χ3n) is 51.6. The molecule has 0 saturated heterocycles. The summed E-state index contributed by atoms with van der Waals surface area (Å²) in [6, 6.07) is 0. The van der Waals surface area contributed by atoms with Gasteiger partial charge in [-0.15, -0.1) is 0 Å². The van der Waals surface area contributed by atoms with Crippen molar-refractivity contribution < 1.29 is 66.7 Å². The van der Waals surface area contributed by atoms with E-state index in [1.165, 1.54) is 212 Å². The molecule has 36 aliphatic carbocycles. The van der Waals surface area contributed by atoms with Gasteiger partial charge in [0.05, 0.1) is 43.7 Å². The molecular weight excluding hydrogens is 1730 g/mol. The molecule has 0 amide bonds. The maximum Gasteiger partial charge on any atom is 0.313 e. The first-order valence-corrected chi connectivity index (χ1v) is 59.9. The average molecular weight is 1920 g/mol. The Kier molecular flexibility index (Phi) is 25.5. The summed E-state index contributed by atoms with van der Waals surface area (Å²) in [7, 11) is 0. The minimum Gasteiger partial charge on any atom is -0.459 e. The Balaban J connectivity index is 0.0000000998. The Bertz CT molecular complexity index is 4400. The number of hydrogen-bond acceptors (Lipinski definition) is 14. The lowest BCUT2D eigenvalue weighted by atomic mass is 9.28. The second kappa shape index (κ2) is 34.9. The zero-order valence-corrected chi connectivity index (χ0v) is 92.8. The SMILES string of the molecule is CCC(C)(C)C(=O)OC(C)(C)C12CC3C4CC5CC3C(C1)C(C5)C4C2.CCC(C)(C)C(=O)OC(C)(C)C12CC3CC4C5CC(CC41)CC2C5C3.CCC(C)(C)C(=O)OC(C)(C)C1CCCC1.CCC(C)(C)C(=O)OC(C)OC12CC3C4CC5CC3C(C1)C(C5)C4C2.CCC(C)(C)C(=O)OC(C)OC12CC3CC4C5CC(CC41)CC2C5C3.CCC(C)(C)C(=O)OC1(C)C2CC3C4CC5CC3C1C(C5)C4C2. The Morgan fingerprint density at radius 1 is 0.288 bits per heavy atom. The lowest BCUT2D eigenvalue weighted by Gasteiger charge is -2.77. The van der Waals surface area contributed by atoms with Crippen LogP contribution in [0.4, 0.5) is 0 Å². The first-order chi connectivity index (χ1) is 65.2. The van der Waals surface area contributed by atoms with Crippen LogP contribution in [0.5, 0.6) is 0 Å². The van der Waals surface area contributed by atoms with Crippen LogP contribution in [0.25, 0.3) is 0 Å². The van der Waals surface area contributed by atoms with Gasteiger partial charge in [-0.3, -0.25) is 28.8 Å². The summed E-state index contributed by atoms with van der Waals surface area (Å²) in [5.41, 5.74) is -2.79. The van der Waals surface area contributed by atoms with Crippen molar-refractivity contribution in [1.82, 2.24) is 0 Å². The lowest BCUT2D eigenvalue weighted by Crippen LogP contribution is -2.73. The van der Waals surface area contributed by atoms with Gasteiger partial charge in [0.2, 0.25) is 12.6 Å². The van der Waals surface area contributed by atoms with Crippen molar-refractivity contribution in [1.29, 1.82) is 0 Å². The molecule has 36 saturated carbocycles.